The lowest BCUT2D eigenvalue weighted by Crippen LogP contribution is -2.37. The second-order valence-corrected chi connectivity index (χ2v) is 6.01. The van der Waals surface area contributed by atoms with Crippen LogP contribution in [0.1, 0.15) is 42.7 Å². The molecule has 1 amide bonds. The fraction of sp³-hybridized carbons (Fsp3) is 0.588. The summed E-state index contributed by atoms with van der Waals surface area (Å²) in [5.74, 6) is 0.845. The van der Waals surface area contributed by atoms with Gasteiger partial charge in [0.05, 0.1) is 6.54 Å². The Kier molecular flexibility index (Phi) is 4.36. The van der Waals surface area contributed by atoms with Crippen molar-refractivity contribution in [3.05, 3.63) is 35.4 Å². The van der Waals surface area contributed by atoms with E-state index in [-0.39, 0.29) is 5.91 Å². The summed E-state index contributed by atoms with van der Waals surface area (Å²) in [7, 11) is 0. The highest BCUT2D eigenvalue weighted by molar-refractivity contribution is 5.78. The number of nitrogens with zero attached hydrogens (tertiary/aromatic N) is 1. The minimum absolute atomic E-state index is 0.270. The molecule has 1 saturated heterocycles. The zero-order chi connectivity index (χ0) is 13.8. The Labute approximate surface area is 121 Å². The van der Waals surface area contributed by atoms with E-state index in [1.165, 1.54) is 43.2 Å². The monoisotopic (exact) mass is 272 g/mol. The molecule has 1 fully saturated rings. The fourth-order valence-corrected chi connectivity index (χ4v) is 3.50. The van der Waals surface area contributed by atoms with E-state index >= 15 is 0 Å². The third-order valence-corrected chi connectivity index (χ3v) is 4.62. The third kappa shape index (κ3) is 3.04. The third-order valence-electron chi connectivity index (χ3n) is 4.62. The zero-order valence-corrected chi connectivity index (χ0v) is 12.1. The zero-order valence-electron chi connectivity index (χ0n) is 12.1. The first-order valence-corrected chi connectivity index (χ1v) is 7.91. The van der Waals surface area contributed by atoms with E-state index in [0.29, 0.717) is 12.5 Å². The number of benzene rings is 1. The molecule has 2 aliphatic rings. The SMILES string of the molecule is O=C(CNCC1CCCc2ccccc21)N1CCCC1. The summed E-state index contributed by atoms with van der Waals surface area (Å²) in [5, 5.41) is 3.38. The minimum Gasteiger partial charge on any atom is -0.342 e. The highest BCUT2D eigenvalue weighted by Gasteiger charge is 2.21. The van der Waals surface area contributed by atoms with Gasteiger partial charge in [-0.05, 0) is 49.1 Å². The molecule has 3 rings (SSSR count). The van der Waals surface area contributed by atoms with Crippen LogP contribution in [0.4, 0.5) is 0 Å². The van der Waals surface area contributed by atoms with Gasteiger partial charge >= 0.3 is 0 Å². The van der Waals surface area contributed by atoms with Crippen LogP contribution in [-0.4, -0.2) is 37.0 Å². The average molecular weight is 272 g/mol. The van der Waals surface area contributed by atoms with Gasteiger partial charge in [0.25, 0.3) is 0 Å². The maximum absolute atomic E-state index is 12.0. The van der Waals surface area contributed by atoms with Gasteiger partial charge in [-0.2, -0.15) is 0 Å². The molecule has 3 heteroatoms. The summed E-state index contributed by atoms with van der Waals surface area (Å²) >= 11 is 0. The van der Waals surface area contributed by atoms with E-state index < -0.39 is 0 Å². The van der Waals surface area contributed by atoms with Gasteiger partial charge < -0.3 is 10.2 Å². The van der Waals surface area contributed by atoms with Gasteiger partial charge in [-0.25, -0.2) is 0 Å². The Balaban J connectivity index is 1.50. The number of fused-ring (bicyclic) bond motifs is 1. The molecule has 20 heavy (non-hydrogen) atoms. The van der Waals surface area contributed by atoms with Crippen LogP contribution in [0.2, 0.25) is 0 Å². The number of hydrogen-bond donors (Lipinski definition) is 1. The van der Waals surface area contributed by atoms with Crippen LogP contribution in [0.5, 0.6) is 0 Å². The van der Waals surface area contributed by atoms with E-state index in [1.807, 2.05) is 4.90 Å². The average Bonchev–Trinajstić information content (AvgIpc) is 3.02. The topological polar surface area (TPSA) is 32.3 Å². The normalized spacial score (nSPS) is 21.8. The Morgan fingerprint density at radius 1 is 1.20 bits per heavy atom. The van der Waals surface area contributed by atoms with Crippen molar-refractivity contribution in [1.82, 2.24) is 10.2 Å². The van der Waals surface area contributed by atoms with Crippen molar-refractivity contribution >= 4 is 5.91 Å². The molecular formula is C17H24N2O. The van der Waals surface area contributed by atoms with Crippen LogP contribution < -0.4 is 5.32 Å². The molecule has 0 bridgehead atoms. The molecule has 0 radical (unpaired) electrons. The standard InChI is InChI=1S/C17H24N2O/c20-17(19-10-3-4-11-19)13-18-12-15-8-5-7-14-6-1-2-9-16(14)15/h1-2,6,9,15,18H,3-5,7-8,10-13H2. The molecule has 1 heterocycles. The number of amides is 1. The lowest BCUT2D eigenvalue weighted by molar-refractivity contribution is -0.129. The molecule has 1 N–H and O–H groups in total. The second kappa shape index (κ2) is 6.40. The molecule has 1 aromatic rings. The molecule has 0 saturated carbocycles. The number of rotatable bonds is 4. The summed E-state index contributed by atoms with van der Waals surface area (Å²) in [6.45, 7) is 3.33. The smallest absolute Gasteiger partial charge is 0.236 e. The molecule has 1 unspecified atom stereocenters. The predicted molar refractivity (Wildman–Crippen MR) is 80.8 cm³/mol. The Hall–Kier alpha value is -1.35. The molecule has 1 aliphatic heterocycles. The van der Waals surface area contributed by atoms with Crippen molar-refractivity contribution in [3.63, 3.8) is 0 Å². The Bertz CT molecular complexity index is 466. The van der Waals surface area contributed by atoms with Crippen LogP contribution in [0, 0.1) is 0 Å². The Morgan fingerprint density at radius 3 is 2.85 bits per heavy atom. The predicted octanol–water partition coefficient (Wildman–Crippen LogP) is 2.32. The van der Waals surface area contributed by atoms with Gasteiger partial charge in [-0.15, -0.1) is 0 Å². The summed E-state index contributed by atoms with van der Waals surface area (Å²) < 4.78 is 0. The van der Waals surface area contributed by atoms with Gasteiger partial charge in [-0.1, -0.05) is 24.3 Å². The first-order chi connectivity index (χ1) is 9.84. The maximum Gasteiger partial charge on any atom is 0.236 e. The first-order valence-electron chi connectivity index (χ1n) is 7.91. The van der Waals surface area contributed by atoms with Crippen LogP contribution in [0.15, 0.2) is 24.3 Å². The number of carbonyl (C=O) groups excluding carboxylic acids is 1. The van der Waals surface area contributed by atoms with Crippen molar-refractivity contribution < 1.29 is 4.79 Å². The van der Waals surface area contributed by atoms with Gasteiger partial charge in [0.1, 0.15) is 0 Å². The van der Waals surface area contributed by atoms with Crippen molar-refractivity contribution in [3.8, 4) is 0 Å². The summed E-state index contributed by atoms with van der Waals surface area (Å²) in [6, 6.07) is 8.76. The molecule has 3 nitrogen and oxygen atoms in total. The van der Waals surface area contributed by atoms with Crippen molar-refractivity contribution in [2.45, 2.75) is 38.0 Å². The molecule has 0 aromatic heterocycles. The number of aryl methyl sites for hydroxylation is 1. The number of hydrogen-bond acceptors (Lipinski definition) is 2. The van der Waals surface area contributed by atoms with Crippen molar-refractivity contribution in [2.75, 3.05) is 26.2 Å². The van der Waals surface area contributed by atoms with E-state index in [0.717, 1.165) is 19.6 Å². The van der Waals surface area contributed by atoms with Crippen LogP contribution in [0.3, 0.4) is 0 Å². The summed E-state index contributed by atoms with van der Waals surface area (Å²) in [4.78, 5) is 14.0. The molecule has 1 aromatic carbocycles. The van der Waals surface area contributed by atoms with Crippen LogP contribution in [0.25, 0.3) is 0 Å². The van der Waals surface area contributed by atoms with E-state index in [9.17, 15) is 4.79 Å². The van der Waals surface area contributed by atoms with Crippen LogP contribution >= 0.6 is 0 Å². The molecule has 1 aliphatic carbocycles. The quantitative estimate of drug-likeness (QED) is 0.912. The maximum atomic E-state index is 12.0. The highest BCUT2D eigenvalue weighted by Crippen LogP contribution is 2.30. The molecule has 0 spiro atoms. The lowest BCUT2D eigenvalue weighted by Gasteiger charge is -2.26. The van der Waals surface area contributed by atoms with E-state index in [4.69, 9.17) is 0 Å². The van der Waals surface area contributed by atoms with Gasteiger partial charge in [-0.3, -0.25) is 4.79 Å². The number of nitrogens with one attached hydrogen (secondary N) is 1. The van der Waals surface area contributed by atoms with Gasteiger partial charge in [0.15, 0.2) is 0 Å². The number of likely N-dealkylation sites (tertiary alicyclic amines) is 1. The van der Waals surface area contributed by atoms with Crippen molar-refractivity contribution in [2.24, 2.45) is 0 Å². The molecular weight excluding hydrogens is 248 g/mol. The summed E-state index contributed by atoms with van der Waals surface area (Å²) in [5.41, 5.74) is 2.98. The molecule has 108 valence electrons. The van der Waals surface area contributed by atoms with E-state index in [2.05, 4.69) is 29.6 Å². The van der Waals surface area contributed by atoms with Gasteiger partial charge in [0.2, 0.25) is 5.91 Å². The first kappa shape index (κ1) is 13.6. The van der Waals surface area contributed by atoms with E-state index in [1.54, 1.807) is 0 Å². The Morgan fingerprint density at radius 2 is 2.00 bits per heavy atom. The lowest BCUT2D eigenvalue weighted by atomic mass is 9.83. The number of carbonyl (C=O) groups is 1. The highest BCUT2D eigenvalue weighted by atomic mass is 16.2. The fourth-order valence-electron chi connectivity index (χ4n) is 3.50. The largest absolute Gasteiger partial charge is 0.342 e. The molecule has 1 atom stereocenters. The van der Waals surface area contributed by atoms with Gasteiger partial charge in [0, 0.05) is 19.6 Å². The second-order valence-electron chi connectivity index (χ2n) is 6.01. The van der Waals surface area contributed by atoms with Crippen LogP contribution in [-0.2, 0) is 11.2 Å². The van der Waals surface area contributed by atoms with Crippen molar-refractivity contribution in [1.29, 1.82) is 0 Å². The minimum atomic E-state index is 0.270. The summed E-state index contributed by atoms with van der Waals surface area (Å²) in [6.07, 6.45) is 6.05.